The normalized spacial score (nSPS) is 19.0. The van der Waals surface area contributed by atoms with Gasteiger partial charge in [-0.3, -0.25) is 4.79 Å². The van der Waals surface area contributed by atoms with Crippen LogP contribution in [0.4, 0.5) is 0 Å². The van der Waals surface area contributed by atoms with Crippen molar-refractivity contribution in [1.29, 1.82) is 0 Å². The van der Waals surface area contributed by atoms with E-state index in [1.807, 2.05) is 54.6 Å². The number of hydrogen-bond acceptors (Lipinski definition) is 8. The van der Waals surface area contributed by atoms with Crippen molar-refractivity contribution < 1.29 is 23.5 Å². The van der Waals surface area contributed by atoms with Crippen LogP contribution in [0, 0.1) is 0 Å². The third kappa shape index (κ3) is 4.22. The number of carbonyl (C=O) groups is 2. The average Bonchev–Trinajstić information content (AvgIpc) is 3.56. The number of ether oxygens (including phenoxy) is 2. The quantitative estimate of drug-likeness (QED) is 0.391. The van der Waals surface area contributed by atoms with Gasteiger partial charge in [0.15, 0.2) is 10.9 Å². The average molecular weight is 476 g/mol. The fourth-order valence-corrected chi connectivity index (χ4v) is 4.71. The Morgan fingerprint density at radius 1 is 1.24 bits per heavy atom. The number of hydrogen-bond donors (Lipinski definition) is 0. The van der Waals surface area contributed by atoms with Gasteiger partial charge in [0.25, 0.3) is 5.91 Å². The van der Waals surface area contributed by atoms with Crippen LogP contribution in [-0.4, -0.2) is 41.5 Å². The van der Waals surface area contributed by atoms with Crippen molar-refractivity contribution in [2.45, 2.75) is 19.4 Å². The van der Waals surface area contributed by atoms with Gasteiger partial charge in [-0.05, 0) is 48.5 Å². The molecule has 0 spiro atoms. The molecule has 2 aromatic carbocycles. The zero-order valence-electron chi connectivity index (χ0n) is 18.6. The number of rotatable bonds is 5. The highest BCUT2D eigenvalue weighted by Crippen LogP contribution is 2.40. The molecule has 0 aliphatic carbocycles. The number of esters is 1. The summed E-state index contributed by atoms with van der Waals surface area (Å²) in [6.45, 7) is 1.94. The lowest BCUT2D eigenvalue weighted by Crippen LogP contribution is -2.23. The van der Waals surface area contributed by atoms with Crippen LogP contribution in [0.1, 0.15) is 30.7 Å². The zero-order chi connectivity index (χ0) is 23.7. The standard InChI is InChI=1S/C25H21N3O5S/c1-3-32-23(29)14-22-24(30)26-25(34-22)28-19(15-8-10-17(31-2)11-9-15)13-18(27-28)21-12-16-6-4-5-7-20(16)33-21/h4-12,14,19H,3,13H2,1-2H3/b22-14+. The summed E-state index contributed by atoms with van der Waals surface area (Å²) in [5.41, 5.74) is 2.51. The minimum absolute atomic E-state index is 0.203. The van der Waals surface area contributed by atoms with Crippen LogP contribution in [0.25, 0.3) is 11.0 Å². The first-order valence-corrected chi connectivity index (χ1v) is 11.6. The van der Waals surface area contributed by atoms with Gasteiger partial charge < -0.3 is 13.9 Å². The molecule has 1 atom stereocenters. The molecule has 34 heavy (non-hydrogen) atoms. The molecule has 3 aromatic rings. The third-order valence-electron chi connectivity index (χ3n) is 5.46. The van der Waals surface area contributed by atoms with Crippen LogP contribution in [0.5, 0.6) is 5.75 Å². The molecule has 0 radical (unpaired) electrons. The molecule has 8 nitrogen and oxygen atoms in total. The molecule has 1 amide bonds. The molecule has 0 bridgehead atoms. The molecule has 3 heterocycles. The number of fused-ring (bicyclic) bond motifs is 1. The predicted octanol–water partition coefficient (Wildman–Crippen LogP) is 4.67. The largest absolute Gasteiger partial charge is 0.497 e. The van der Waals surface area contributed by atoms with E-state index in [0.717, 1.165) is 39.8 Å². The number of amidine groups is 1. The second-order valence-electron chi connectivity index (χ2n) is 7.60. The highest BCUT2D eigenvalue weighted by atomic mass is 32.2. The summed E-state index contributed by atoms with van der Waals surface area (Å²) >= 11 is 1.10. The van der Waals surface area contributed by atoms with E-state index in [0.29, 0.717) is 17.3 Å². The van der Waals surface area contributed by atoms with Crippen molar-refractivity contribution in [2.75, 3.05) is 13.7 Å². The maximum atomic E-state index is 12.5. The molecule has 0 saturated heterocycles. The SMILES string of the molecule is CCOC(=O)/C=C1/SC(N2N=C(c3cc4ccccc4o3)CC2c2ccc(OC)cc2)=NC1=O. The van der Waals surface area contributed by atoms with Gasteiger partial charge >= 0.3 is 5.97 Å². The van der Waals surface area contributed by atoms with E-state index >= 15 is 0 Å². The Hall–Kier alpha value is -3.85. The van der Waals surface area contributed by atoms with Gasteiger partial charge in [-0.2, -0.15) is 10.1 Å². The lowest BCUT2D eigenvalue weighted by Gasteiger charge is -2.22. The van der Waals surface area contributed by atoms with Gasteiger partial charge in [0.05, 0.1) is 24.7 Å². The molecule has 0 fully saturated rings. The van der Waals surface area contributed by atoms with Crippen molar-refractivity contribution in [3.8, 4) is 5.75 Å². The van der Waals surface area contributed by atoms with E-state index in [1.54, 1.807) is 19.0 Å². The summed E-state index contributed by atoms with van der Waals surface area (Å²) in [5, 5.41) is 7.90. The number of carbonyl (C=O) groups excluding carboxylic acids is 2. The van der Waals surface area contributed by atoms with Crippen LogP contribution in [-0.2, 0) is 14.3 Å². The van der Waals surface area contributed by atoms with E-state index in [9.17, 15) is 9.59 Å². The minimum atomic E-state index is -0.575. The molecule has 0 N–H and O–H groups in total. The Kier molecular flexibility index (Phi) is 5.93. The Morgan fingerprint density at radius 2 is 2.03 bits per heavy atom. The fourth-order valence-electron chi connectivity index (χ4n) is 3.83. The number of aliphatic imine (C=N–C) groups is 1. The summed E-state index contributed by atoms with van der Waals surface area (Å²) in [5.74, 6) is 0.344. The molecular formula is C25H21N3O5S. The van der Waals surface area contributed by atoms with Crippen LogP contribution in [0.15, 0.2) is 80.1 Å². The monoisotopic (exact) mass is 475 g/mol. The lowest BCUT2D eigenvalue weighted by atomic mass is 10.0. The highest BCUT2D eigenvalue weighted by molar-refractivity contribution is 8.18. The summed E-state index contributed by atoms with van der Waals surface area (Å²) in [6.07, 6.45) is 1.73. The highest BCUT2D eigenvalue weighted by Gasteiger charge is 2.37. The van der Waals surface area contributed by atoms with Crippen molar-refractivity contribution >= 4 is 45.5 Å². The second kappa shape index (κ2) is 9.18. The number of nitrogens with zero attached hydrogens (tertiary/aromatic N) is 3. The molecule has 172 valence electrons. The van der Waals surface area contributed by atoms with Crippen molar-refractivity contribution in [1.82, 2.24) is 5.01 Å². The first kappa shape index (κ1) is 22.0. The fraction of sp³-hybridized carbons (Fsp3) is 0.200. The van der Waals surface area contributed by atoms with Crippen LogP contribution in [0.2, 0.25) is 0 Å². The topological polar surface area (TPSA) is 93.7 Å². The minimum Gasteiger partial charge on any atom is -0.497 e. The molecule has 1 unspecified atom stereocenters. The van der Waals surface area contributed by atoms with Crippen LogP contribution >= 0.6 is 11.8 Å². The summed E-state index contributed by atoms with van der Waals surface area (Å²) < 4.78 is 16.3. The zero-order valence-corrected chi connectivity index (χ0v) is 19.4. The van der Waals surface area contributed by atoms with Crippen molar-refractivity contribution in [3.05, 3.63) is 76.9 Å². The maximum absolute atomic E-state index is 12.5. The summed E-state index contributed by atoms with van der Waals surface area (Å²) in [4.78, 5) is 28.7. The number of benzene rings is 2. The Morgan fingerprint density at radius 3 is 2.76 bits per heavy atom. The Bertz CT molecular complexity index is 1320. The third-order valence-corrected chi connectivity index (χ3v) is 6.43. The number of para-hydroxylation sites is 1. The van der Waals surface area contributed by atoms with Crippen molar-refractivity contribution in [2.24, 2.45) is 10.1 Å². The molecule has 2 aliphatic heterocycles. The maximum Gasteiger partial charge on any atom is 0.332 e. The van der Waals surface area contributed by atoms with Crippen LogP contribution < -0.4 is 4.74 Å². The lowest BCUT2D eigenvalue weighted by molar-refractivity contribution is -0.137. The summed E-state index contributed by atoms with van der Waals surface area (Å²) in [7, 11) is 1.62. The number of furan rings is 1. The van der Waals surface area contributed by atoms with E-state index in [4.69, 9.17) is 19.0 Å². The number of methoxy groups -OCH3 is 1. The smallest absolute Gasteiger partial charge is 0.332 e. The van der Waals surface area contributed by atoms with Gasteiger partial charge in [-0.15, -0.1) is 0 Å². The van der Waals surface area contributed by atoms with E-state index in [2.05, 4.69) is 4.99 Å². The van der Waals surface area contributed by atoms with E-state index in [-0.39, 0.29) is 17.6 Å². The number of thioether (sulfide) groups is 1. The summed E-state index contributed by atoms with van der Waals surface area (Å²) in [6, 6.07) is 17.2. The van der Waals surface area contributed by atoms with Gasteiger partial charge in [0, 0.05) is 17.9 Å². The van der Waals surface area contributed by atoms with Crippen molar-refractivity contribution in [3.63, 3.8) is 0 Å². The molecule has 5 rings (SSSR count). The van der Waals surface area contributed by atoms with Crippen LogP contribution in [0.3, 0.4) is 0 Å². The van der Waals surface area contributed by atoms with Gasteiger partial charge in [0.2, 0.25) is 0 Å². The van der Waals surface area contributed by atoms with E-state index < -0.39 is 11.9 Å². The van der Waals surface area contributed by atoms with Gasteiger partial charge in [-0.1, -0.05) is 30.3 Å². The predicted molar refractivity (Wildman–Crippen MR) is 130 cm³/mol. The van der Waals surface area contributed by atoms with Gasteiger partial charge in [-0.25, -0.2) is 9.80 Å². The first-order chi connectivity index (χ1) is 16.6. The molecule has 2 aliphatic rings. The number of hydrazone groups is 1. The molecule has 1 aromatic heterocycles. The Labute approximate surface area is 199 Å². The molecular weight excluding hydrogens is 454 g/mol. The number of amides is 1. The van der Waals surface area contributed by atoms with Gasteiger partial charge in [0.1, 0.15) is 17.0 Å². The van der Waals surface area contributed by atoms with E-state index in [1.165, 1.54) is 6.08 Å². The molecule has 0 saturated carbocycles. The second-order valence-corrected chi connectivity index (χ2v) is 8.60. The first-order valence-electron chi connectivity index (χ1n) is 10.7. The molecule has 9 heteroatoms. The Balaban J connectivity index is 1.49.